The summed E-state index contributed by atoms with van der Waals surface area (Å²) in [6.45, 7) is 4.21. The molecule has 4 nitrogen and oxygen atoms in total. The van der Waals surface area contributed by atoms with Crippen LogP contribution in [0.5, 0.6) is 0 Å². The predicted octanol–water partition coefficient (Wildman–Crippen LogP) is 7.43. The molecule has 0 aliphatic heterocycles. The second kappa shape index (κ2) is 14.7. The first-order valence-corrected chi connectivity index (χ1v) is 14.5. The Kier molecular flexibility index (Phi) is 11.7. The first-order chi connectivity index (χ1) is 17.8. The highest BCUT2D eigenvalue weighted by molar-refractivity contribution is 7.99. The van der Waals surface area contributed by atoms with Crippen LogP contribution in [-0.4, -0.2) is 34.6 Å². The smallest absolute Gasteiger partial charge is 0.243 e. The van der Waals surface area contributed by atoms with Crippen molar-refractivity contribution in [2.45, 2.75) is 51.1 Å². The van der Waals surface area contributed by atoms with E-state index < -0.39 is 6.04 Å². The Morgan fingerprint density at radius 2 is 1.59 bits per heavy atom. The number of carbonyl (C=O) groups is 2. The maximum atomic E-state index is 13.7. The number of nitrogens with zero attached hydrogens (tertiary/aromatic N) is 1. The van der Waals surface area contributed by atoms with Gasteiger partial charge in [0.1, 0.15) is 6.04 Å². The monoisotopic (exact) mass is 576 g/mol. The van der Waals surface area contributed by atoms with Crippen molar-refractivity contribution < 1.29 is 9.59 Å². The molecule has 0 aliphatic rings. The van der Waals surface area contributed by atoms with Gasteiger partial charge < -0.3 is 10.2 Å². The zero-order valence-electron chi connectivity index (χ0n) is 20.9. The lowest BCUT2D eigenvalue weighted by Gasteiger charge is -2.32. The summed E-state index contributed by atoms with van der Waals surface area (Å²) in [6, 6.07) is 21.9. The van der Waals surface area contributed by atoms with Gasteiger partial charge in [0.15, 0.2) is 0 Å². The number of thioether (sulfide) groups is 1. The summed E-state index contributed by atoms with van der Waals surface area (Å²) in [6.07, 6.45) is 1.19. The van der Waals surface area contributed by atoms with Gasteiger partial charge >= 0.3 is 0 Å². The first kappa shape index (κ1) is 29.4. The molecule has 0 heterocycles. The third-order valence-corrected chi connectivity index (χ3v) is 8.15. The number of hydrogen-bond acceptors (Lipinski definition) is 3. The van der Waals surface area contributed by atoms with E-state index in [-0.39, 0.29) is 30.2 Å². The summed E-state index contributed by atoms with van der Waals surface area (Å²) in [5, 5.41) is 4.62. The summed E-state index contributed by atoms with van der Waals surface area (Å²) in [4.78, 5) is 28.9. The average molecular weight is 578 g/mol. The number of rotatable bonds is 12. The number of halogens is 3. The first-order valence-electron chi connectivity index (χ1n) is 12.2. The van der Waals surface area contributed by atoms with E-state index in [0.717, 1.165) is 23.1 Å². The third-order valence-electron chi connectivity index (χ3n) is 6.05. The molecule has 1 N–H and O–H groups in total. The van der Waals surface area contributed by atoms with Crippen molar-refractivity contribution >= 4 is 58.4 Å². The second-order valence-electron chi connectivity index (χ2n) is 8.88. The molecular weight excluding hydrogens is 547 g/mol. The highest BCUT2D eigenvalue weighted by Crippen LogP contribution is 2.26. The van der Waals surface area contributed by atoms with Crippen LogP contribution in [-0.2, 0) is 28.3 Å². The van der Waals surface area contributed by atoms with Crippen LogP contribution in [0.4, 0.5) is 0 Å². The number of benzene rings is 3. The standard InChI is InChI=1S/C29H31Cl3N2O2S/c1-3-20(2)33-29(36)27(16-21-9-5-4-6-10-21)34(17-23-11-7-8-12-24(23)30)28(35)19-37-18-22-13-14-25(31)26(32)15-22/h4-15,20,27H,3,16-19H2,1-2H3,(H,33,36)/t20-,27-/m0/s1. The summed E-state index contributed by atoms with van der Waals surface area (Å²) in [7, 11) is 0. The Hall–Kier alpha value is -2.18. The zero-order chi connectivity index (χ0) is 26.8. The van der Waals surface area contributed by atoms with Crippen LogP contribution in [0.15, 0.2) is 72.8 Å². The summed E-state index contributed by atoms with van der Waals surface area (Å²) in [5.41, 5.74) is 2.74. The van der Waals surface area contributed by atoms with Gasteiger partial charge in [-0.2, -0.15) is 0 Å². The molecule has 0 saturated carbocycles. The molecule has 0 aromatic heterocycles. The molecule has 0 unspecified atom stereocenters. The number of nitrogens with one attached hydrogen (secondary N) is 1. The SMILES string of the molecule is CC[C@H](C)NC(=O)[C@H](Cc1ccccc1)N(Cc1ccccc1Cl)C(=O)CSCc1ccc(Cl)c(Cl)c1. The maximum absolute atomic E-state index is 13.7. The molecule has 0 radical (unpaired) electrons. The molecule has 37 heavy (non-hydrogen) atoms. The van der Waals surface area contributed by atoms with Gasteiger partial charge in [-0.1, -0.05) is 96.3 Å². The molecule has 8 heteroatoms. The number of amides is 2. The largest absolute Gasteiger partial charge is 0.352 e. The Morgan fingerprint density at radius 1 is 0.892 bits per heavy atom. The highest BCUT2D eigenvalue weighted by atomic mass is 35.5. The van der Waals surface area contributed by atoms with Gasteiger partial charge in [-0.3, -0.25) is 9.59 Å². The summed E-state index contributed by atoms with van der Waals surface area (Å²) >= 11 is 20.1. The van der Waals surface area contributed by atoms with Crippen LogP contribution in [0, 0.1) is 0 Å². The van der Waals surface area contributed by atoms with Crippen LogP contribution in [0.3, 0.4) is 0 Å². The molecule has 0 aliphatic carbocycles. The Bertz CT molecular complexity index is 1190. The summed E-state index contributed by atoms with van der Waals surface area (Å²) < 4.78 is 0. The van der Waals surface area contributed by atoms with E-state index in [2.05, 4.69) is 5.32 Å². The maximum Gasteiger partial charge on any atom is 0.243 e. The fourth-order valence-electron chi connectivity index (χ4n) is 3.77. The molecule has 3 aromatic carbocycles. The Balaban J connectivity index is 1.86. The van der Waals surface area contributed by atoms with Crippen LogP contribution in [0.25, 0.3) is 0 Å². The van der Waals surface area contributed by atoms with Crippen molar-refractivity contribution in [3.8, 4) is 0 Å². The second-order valence-corrected chi connectivity index (χ2v) is 11.1. The van der Waals surface area contributed by atoms with Gasteiger partial charge in [0.2, 0.25) is 11.8 Å². The van der Waals surface area contributed by atoms with Gasteiger partial charge in [0, 0.05) is 29.8 Å². The molecule has 3 aromatic rings. The Labute approximate surface area is 238 Å². The highest BCUT2D eigenvalue weighted by Gasteiger charge is 2.31. The lowest BCUT2D eigenvalue weighted by molar-refractivity contribution is -0.139. The van der Waals surface area contributed by atoms with Crippen molar-refractivity contribution in [2.24, 2.45) is 0 Å². The average Bonchev–Trinajstić information content (AvgIpc) is 2.89. The molecule has 2 amide bonds. The normalized spacial score (nSPS) is 12.6. The van der Waals surface area contributed by atoms with Gasteiger partial charge in [0.25, 0.3) is 0 Å². The van der Waals surface area contributed by atoms with Crippen LogP contribution in [0.2, 0.25) is 15.1 Å². The van der Waals surface area contributed by atoms with Crippen LogP contribution >= 0.6 is 46.6 Å². The van der Waals surface area contributed by atoms with Crippen LogP contribution < -0.4 is 5.32 Å². The van der Waals surface area contributed by atoms with E-state index in [1.54, 1.807) is 23.1 Å². The molecule has 2 atom stereocenters. The molecule has 0 fully saturated rings. The molecular formula is C29H31Cl3N2O2S. The minimum absolute atomic E-state index is 0.00735. The van der Waals surface area contributed by atoms with E-state index in [4.69, 9.17) is 34.8 Å². The van der Waals surface area contributed by atoms with Gasteiger partial charge in [-0.15, -0.1) is 11.8 Å². The third kappa shape index (κ3) is 8.96. The number of carbonyl (C=O) groups excluding carboxylic acids is 2. The zero-order valence-corrected chi connectivity index (χ0v) is 24.0. The molecule has 3 rings (SSSR count). The molecule has 0 spiro atoms. The predicted molar refractivity (Wildman–Crippen MR) is 156 cm³/mol. The lowest BCUT2D eigenvalue weighted by Crippen LogP contribution is -2.52. The fraction of sp³-hybridized carbons (Fsp3) is 0.310. The lowest BCUT2D eigenvalue weighted by atomic mass is 10.0. The van der Waals surface area contributed by atoms with E-state index in [1.807, 2.05) is 68.4 Å². The van der Waals surface area contributed by atoms with E-state index in [1.165, 1.54) is 11.8 Å². The van der Waals surface area contributed by atoms with Gasteiger partial charge in [-0.05, 0) is 48.2 Å². The minimum atomic E-state index is -0.689. The molecule has 0 bridgehead atoms. The van der Waals surface area contributed by atoms with Crippen molar-refractivity contribution in [3.05, 3.63) is 105 Å². The summed E-state index contributed by atoms with van der Waals surface area (Å²) in [5.74, 6) is 0.482. The fourth-order valence-corrected chi connectivity index (χ4v) is 5.15. The van der Waals surface area contributed by atoms with Crippen molar-refractivity contribution in [1.82, 2.24) is 10.2 Å². The number of hydrogen-bond donors (Lipinski definition) is 1. The quantitative estimate of drug-likeness (QED) is 0.243. The van der Waals surface area contributed by atoms with Crippen molar-refractivity contribution in [3.63, 3.8) is 0 Å². The van der Waals surface area contributed by atoms with Crippen molar-refractivity contribution in [2.75, 3.05) is 5.75 Å². The molecule has 0 saturated heterocycles. The minimum Gasteiger partial charge on any atom is -0.352 e. The van der Waals surface area contributed by atoms with Gasteiger partial charge in [0.05, 0.1) is 15.8 Å². The topological polar surface area (TPSA) is 49.4 Å². The van der Waals surface area contributed by atoms with Crippen molar-refractivity contribution in [1.29, 1.82) is 0 Å². The Morgan fingerprint density at radius 3 is 2.27 bits per heavy atom. The van der Waals surface area contributed by atoms with Crippen LogP contribution in [0.1, 0.15) is 37.0 Å². The van der Waals surface area contributed by atoms with E-state index >= 15 is 0 Å². The van der Waals surface area contributed by atoms with Gasteiger partial charge in [-0.25, -0.2) is 0 Å². The van der Waals surface area contributed by atoms with E-state index in [0.29, 0.717) is 27.2 Å². The van der Waals surface area contributed by atoms with E-state index in [9.17, 15) is 9.59 Å². The molecule has 196 valence electrons.